The predicted octanol–water partition coefficient (Wildman–Crippen LogP) is 4.19. The van der Waals surface area contributed by atoms with Crippen LogP contribution in [0, 0.1) is 0 Å². The molecule has 1 aromatic heterocycles. The van der Waals surface area contributed by atoms with Gasteiger partial charge in [0.05, 0.1) is 25.6 Å². The number of aromatic nitrogens is 1. The highest BCUT2D eigenvalue weighted by molar-refractivity contribution is 5.77. The summed E-state index contributed by atoms with van der Waals surface area (Å²) < 4.78 is 10.8. The topological polar surface area (TPSA) is 41.1 Å². The molecule has 2 aromatic carbocycles. The smallest absolute Gasteiger partial charge is 0.213 e. The van der Waals surface area contributed by atoms with E-state index in [-0.39, 0.29) is 0 Å². The first-order valence-electron chi connectivity index (χ1n) is 11.4. The molecular formula is C27H34N4O2. The summed E-state index contributed by atoms with van der Waals surface area (Å²) in [4.78, 5) is 11.9. The lowest BCUT2D eigenvalue weighted by molar-refractivity contribution is 0.217. The molecule has 1 saturated heterocycles. The highest BCUT2D eigenvalue weighted by Crippen LogP contribution is 2.33. The molecular weight excluding hydrogens is 412 g/mol. The van der Waals surface area contributed by atoms with Gasteiger partial charge in [-0.2, -0.15) is 0 Å². The zero-order chi connectivity index (χ0) is 23.4. The van der Waals surface area contributed by atoms with E-state index < -0.39 is 0 Å². The van der Waals surface area contributed by atoms with Gasteiger partial charge in [0.1, 0.15) is 5.75 Å². The third kappa shape index (κ3) is 5.22. The molecule has 33 heavy (non-hydrogen) atoms. The number of hydrogen-bond acceptors (Lipinski definition) is 6. The maximum atomic E-state index is 5.46. The number of piperazine rings is 1. The average molecular weight is 447 g/mol. The van der Waals surface area contributed by atoms with Crippen LogP contribution in [0.4, 0.5) is 11.4 Å². The van der Waals surface area contributed by atoms with E-state index in [0.29, 0.717) is 11.9 Å². The van der Waals surface area contributed by atoms with Crippen LogP contribution in [0.1, 0.15) is 5.56 Å². The van der Waals surface area contributed by atoms with Crippen LogP contribution < -0.4 is 19.3 Å². The van der Waals surface area contributed by atoms with Gasteiger partial charge in [-0.25, -0.2) is 4.98 Å². The lowest BCUT2D eigenvalue weighted by Crippen LogP contribution is -2.52. The van der Waals surface area contributed by atoms with Gasteiger partial charge in [0, 0.05) is 57.1 Å². The third-order valence-electron chi connectivity index (χ3n) is 6.46. The Balaban J connectivity index is 1.60. The van der Waals surface area contributed by atoms with Crippen LogP contribution in [0.25, 0.3) is 11.3 Å². The molecule has 174 valence electrons. The molecule has 0 amide bonds. The zero-order valence-electron chi connectivity index (χ0n) is 20.3. The normalized spacial score (nSPS) is 16.5. The van der Waals surface area contributed by atoms with Crippen LogP contribution in [0.2, 0.25) is 0 Å². The fourth-order valence-electron chi connectivity index (χ4n) is 4.35. The van der Waals surface area contributed by atoms with Crippen molar-refractivity contribution in [1.29, 1.82) is 0 Å². The Labute approximate surface area is 197 Å². The van der Waals surface area contributed by atoms with Crippen molar-refractivity contribution < 1.29 is 9.47 Å². The van der Waals surface area contributed by atoms with Crippen molar-refractivity contribution in [3.05, 3.63) is 66.2 Å². The van der Waals surface area contributed by atoms with Crippen molar-refractivity contribution >= 4 is 11.4 Å². The summed E-state index contributed by atoms with van der Waals surface area (Å²) in [5.74, 6) is 1.53. The van der Waals surface area contributed by atoms with E-state index >= 15 is 0 Å². The molecule has 3 aromatic rings. The van der Waals surface area contributed by atoms with Crippen LogP contribution in [-0.4, -0.2) is 70.9 Å². The number of pyridine rings is 1. The monoisotopic (exact) mass is 446 g/mol. The number of likely N-dealkylation sites (N-methyl/N-ethyl adjacent to an activating group) is 1. The zero-order valence-corrected chi connectivity index (χ0v) is 20.3. The quantitative estimate of drug-likeness (QED) is 0.542. The van der Waals surface area contributed by atoms with Gasteiger partial charge in [0.2, 0.25) is 5.88 Å². The van der Waals surface area contributed by atoms with Crippen LogP contribution in [-0.2, 0) is 6.42 Å². The Hall–Kier alpha value is -3.25. The highest BCUT2D eigenvalue weighted by atomic mass is 16.5. The van der Waals surface area contributed by atoms with E-state index in [2.05, 4.69) is 78.3 Å². The van der Waals surface area contributed by atoms with Gasteiger partial charge in [-0.3, -0.25) is 4.90 Å². The van der Waals surface area contributed by atoms with Crippen LogP contribution >= 0.6 is 0 Å². The Bertz CT molecular complexity index is 1050. The van der Waals surface area contributed by atoms with Crippen LogP contribution in [0.3, 0.4) is 0 Å². The number of nitrogens with zero attached hydrogens (tertiary/aromatic N) is 4. The predicted molar refractivity (Wildman–Crippen MR) is 136 cm³/mol. The molecule has 0 aliphatic carbocycles. The first kappa shape index (κ1) is 22.9. The number of anilines is 2. The second kappa shape index (κ2) is 10.1. The van der Waals surface area contributed by atoms with Crippen molar-refractivity contribution in [2.75, 3.05) is 64.8 Å². The summed E-state index contributed by atoms with van der Waals surface area (Å²) >= 11 is 0. The summed E-state index contributed by atoms with van der Waals surface area (Å²) in [5, 5.41) is 0. The van der Waals surface area contributed by atoms with E-state index in [0.717, 1.165) is 48.7 Å². The first-order valence-corrected chi connectivity index (χ1v) is 11.4. The van der Waals surface area contributed by atoms with Crippen molar-refractivity contribution in [2.45, 2.75) is 12.5 Å². The molecule has 1 fully saturated rings. The molecule has 4 rings (SSSR count). The Morgan fingerprint density at radius 2 is 1.64 bits per heavy atom. The summed E-state index contributed by atoms with van der Waals surface area (Å²) in [5.41, 5.74) is 5.71. The Morgan fingerprint density at radius 1 is 0.909 bits per heavy atom. The standard InChI is InChI=1S/C27H34N4O2/c1-29(2)22-10-8-21(9-11-22)27-25(14-15-26(28-27)33-5)31-17-16-30(3)23(19-31)18-20-6-12-24(32-4)13-7-20/h6-15,23H,16-19H2,1-5H3. The second-order valence-electron chi connectivity index (χ2n) is 8.80. The summed E-state index contributed by atoms with van der Waals surface area (Å²) in [6.07, 6.45) is 0.993. The number of benzene rings is 2. The van der Waals surface area contributed by atoms with Gasteiger partial charge < -0.3 is 19.3 Å². The summed E-state index contributed by atoms with van der Waals surface area (Å²) in [6, 6.07) is 21.5. The van der Waals surface area contributed by atoms with Gasteiger partial charge in [-0.05, 0) is 49.4 Å². The fraction of sp³-hybridized carbons (Fsp3) is 0.370. The van der Waals surface area contributed by atoms with Crippen molar-refractivity contribution in [2.24, 2.45) is 0 Å². The SMILES string of the molecule is COc1ccc(CC2CN(c3ccc(OC)nc3-c3ccc(N(C)C)cc3)CCN2C)cc1. The van der Waals surface area contributed by atoms with E-state index in [1.165, 1.54) is 11.3 Å². The molecule has 2 heterocycles. The number of hydrogen-bond donors (Lipinski definition) is 0. The minimum Gasteiger partial charge on any atom is -0.497 e. The second-order valence-corrected chi connectivity index (χ2v) is 8.80. The molecule has 6 nitrogen and oxygen atoms in total. The molecule has 1 aliphatic rings. The summed E-state index contributed by atoms with van der Waals surface area (Å²) in [7, 11) is 9.70. The number of ether oxygens (including phenoxy) is 2. The fourth-order valence-corrected chi connectivity index (χ4v) is 4.35. The highest BCUT2D eigenvalue weighted by Gasteiger charge is 2.27. The van der Waals surface area contributed by atoms with Gasteiger partial charge in [0.15, 0.2) is 0 Å². The van der Waals surface area contributed by atoms with Crippen LogP contribution in [0.15, 0.2) is 60.7 Å². The molecule has 1 unspecified atom stereocenters. The van der Waals surface area contributed by atoms with E-state index in [1.807, 2.05) is 18.2 Å². The van der Waals surface area contributed by atoms with Gasteiger partial charge in [-0.1, -0.05) is 24.3 Å². The van der Waals surface area contributed by atoms with Gasteiger partial charge in [0.25, 0.3) is 0 Å². The average Bonchev–Trinajstić information content (AvgIpc) is 2.85. The largest absolute Gasteiger partial charge is 0.497 e. The maximum absolute atomic E-state index is 5.46. The molecule has 6 heteroatoms. The lowest BCUT2D eigenvalue weighted by atomic mass is 10.0. The molecule has 1 atom stereocenters. The molecule has 0 saturated carbocycles. The maximum Gasteiger partial charge on any atom is 0.213 e. The summed E-state index contributed by atoms with van der Waals surface area (Å²) in [6.45, 7) is 2.91. The minimum absolute atomic E-state index is 0.415. The van der Waals surface area contributed by atoms with E-state index in [4.69, 9.17) is 14.5 Å². The number of methoxy groups -OCH3 is 2. The van der Waals surface area contributed by atoms with Crippen LogP contribution in [0.5, 0.6) is 11.6 Å². The molecule has 0 N–H and O–H groups in total. The molecule has 0 radical (unpaired) electrons. The van der Waals surface area contributed by atoms with Crippen molar-refractivity contribution in [1.82, 2.24) is 9.88 Å². The van der Waals surface area contributed by atoms with E-state index in [1.54, 1.807) is 14.2 Å². The van der Waals surface area contributed by atoms with Crippen molar-refractivity contribution in [3.63, 3.8) is 0 Å². The number of rotatable bonds is 7. The minimum atomic E-state index is 0.415. The Morgan fingerprint density at radius 3 is 2.27 bits per heavy atom. The molecule has 0 bridgehead atoms. The van der Waals surface area contributed by atoms with E-state index in [9.17, 15) is 0 Å². The molecule has 0 spiro atoms. The first-order chi connectivity index (χ1) is 16.0. The van der Waals surface area contributed by atoms with Crippen molar-refractivity contribution in [3.8, 4) is 22.9 Å². The lowest BCUT2D eigenvalue weighted by Gasteiger charge is -2.41. The van der Waals surface area contributed by atoms with Gasteiger partial charge >= 0.3 is 0 Å². The molecule has 1 aliphatic heterocycles. The third-order valence-corrected chi connectivity index (χ3v) is 6.46. The van der Waals surface area contributed by atoms with Gasteiger partial charge in [-0.15, -0.1) is 0 Å². The Kier molecular flexibility index (Phi) is 7.04.